The standard InChI is InChI=1S/C20H24N4O2S/c1-15-21-17(14-27-15)13-22-9-11-23(12-10-22)20(26)16-4-6-18(7-5-16)24-8-2-3-19(24)25/h4-7,14H,2-3,8-13H2,1H3. The first-order valence-electron chi connectivity index (χ1n) is 9.43. The summed E-state index contributed by atoms with van der Waals surface area (Å²) in [6, 6.07) is 7.45. The highest BCUT2D eigenvalue weighted by Gasteiger charge is 2.24. The van der Waals surface area contributed by atoms with Gasteiger partial charge in [0, 0.05) is 62.3 Å². The summed E-state index contributed by atoms with van der Waals surface area (Å²) in [5, 5.41) is 3.21. The fourth-order valence-corrected chi connectivity index (χ4v) is 4.31. The molecule has 142 valence electrons. The first-order chi connectivity index (χ1) is 13.1. The Bertz CT molecular complexity index is 825. The molecule has 1 aromatic carbocycles. The van der Waals surface area contributed by atoms with Crippen molar-refractivity contribution in [3.8, 4) is 0 Å². The largest absolute Gasteiger partial charge is 0.336 e. The molecule has 3 heterocycles. The van der Waals surface area contributed by atoms with E-state index in [9.17, 15) is 9.59 Å². The second kappa shape index (κ2) is 7.78. The maximum Gasteiger partial charge on any atom is 0.253 e. The molecule has 1 aromatic heterocycles. The molecular formula is C20H24N4O2S. The van der Waals surface area contributed by atoms with E-state index in [4.69, 9.17) is 0 Å². The van der Waals surface area contributed by atoms with Crippen molar-refractivity contribution in [2.75, 3.05) is 37.6 Å². The highest BCUT2D eigenvalue weighted by Crippen LogP contribution is 2.22. The van der Waals surface area contributed by atoms with Crippen molar-refractivity contribution in [3.05, 3.63) is 45.9 Å². The summed E-state index contributed by atoms with van der Waals surface area (Å²) in [4.78, 5) is 35.2. The molecule has 0 aliphatic carbocycles. The Hall–Kier alpha value is -2.25. The zero-order chi connectivity index (χ0) is 18.8. The number of aryl methyl sites for hydroxylation is 1. The Morgan fingerprint density at radius 3 is 2.44 bits per heavy atom. The molecule has 2 aliphatic rings. The Morgan fingerprint density at radius 1 is 1.11 bits per heavy atom. The lowest BCUT2D eigenvalue weighted by Crippen LogP contribution is -2.48. The summed E-state index contributed by atoms with van der Waals surface area (Å²) < 4.78 is 0. The SMILES string of the molecule is Cc1nc(CN2CCN(C(=O)c3ccc(N4CCCC4=O)cc3)CC2)cs1. The third-order valence-corrected chi connectivity index (χ3v) is 6.03. The molecule has 2 saturated heterocycles. The number of carbonyl (C=O) groups is 2. The van der Waals surface area contributed by atoms with E-state index in [1.165, 1.54) is 0 Å². The van der Waals surface area contributed by atoms with Crippen LogP contribution in [-0.4, -0.2) is 59.3 Å². The second-order valence-electron chi connectivity index (χ2n) is 7.12. The highest BCUT2D eigenvalue weighted by atomic mass is 32.1. The molecule has 0 saturated carbocycles. The van der Waals surface area contributed by atoms with Gasteiger partial charge in [-0.2, -0.15) is 0 Å². The zero-order valence-electron chi connectivity index (χ0n) is 15.6. The quantitative estimate of drug-likeness (QED) is 0.813. The molecule has 2 amide bonds. The minimum atomic E-state index is 0.0680. The van der Waals surface area contributed by atoms with Crippen LogP contribution in [0, 0.1) is 6.92 Å². The van der Waals surface area contributed by atoms with E-state index in [1.54, 1.807) is 16.2 Å². The van der Waals surface area contributed by atoms with Gasteiger partial charge in [-0.3, -0.25) is 14.5 Å². The first-order valence-corrected chi connectivity index (χ1v) is 10.3. The minimum absolute atomic E-state index is 0.0680. The summed E-state index contributed by atoms with van der Waals surface area (Å²) in [5.41, 5.74) is 2.69. The lowest BCUT2D eigenvalue weighted by molar-refractivity contribution is -0.117. The molecule has 0 radical (unpaired) electrons. The van der Waals surface area contributed by atoms with Crippen LogP contribution in [0.5, 0.6) is 0 Å². The van der Waals surface area contributed by atoms with Gasteiger partial charge in [-0.15, -0.1) is 11.3 Å². The molecule has 0 N–H and O–H groups in total. The Labute approximate surface area is 163 Å². The van der Waals surface area contributed by atoms with Crippen molar-refractivity contribution in [3.63, 3.8) is 0 Å². The number of piperazine rings is 1. The van der Waals surface area contributed by atoms with E-state index in [1.807, 2.05) is 36.1 Å². The summed E-state index contributed by atoms with van der Waals surface area (Å²) in [6.07, 6.45) is 1.52. The molecule has 27 heavy (non-hydrogen) atoms. The van der Waals surface area contributed by atoms with Crippen LogP contribution in [0.3, 0.4) is 0 Å². The predicted octanol–water partition coefficient (Wildman–Crippen LogP) is 2.54. The van der Waals surface area contributed by atoms with Gasteiger partial charge in [0.05, 0.1) is 10.7 Å². The molecule has 4 rings (SSSR count). The van der Waals surface area contributed by atoms with Crippen LogP contribution in [0.15, 0.2) is 29.6 Å². The van der Waals surface area contributed by atoms with Gasteiger partial charge in [0.2, 0.25) is 5.91 Å². The molecule has 0 atom stereocenters. The Kier molecular flexibility index (Phi) is 5.22. The maximum atomic E-state index is 12.8. The average Bonchev–Trinajstić information content (AvgIpc) is 3.30. The van der Waals surface area contributed by atoms with E-state index < -0.39 is 0 Å². The lowest BCUT2D eigenvalue weighted by Gasteiger charge is -2.34. The number of aromatic nitrogens is 1. The van der Waals surface area contributed by atoms with Crippen LogP contribution in [0.4, 0.5) is 5.69 Å². The van der Waals surface area contributed by atoms with Crippen molar-refractivity contribution in [2.45, 2.75) is 26.3 Å². The van der Waals surface area contributed by atoms with Crippen LogP contribution in [0.25, 0.3) is 0 Å². The topological polar surface area (TPSA) is 56.8 Å². The second-order valence-corrected chi connectivity index (χ2v) is 8.18. The van der Waals surface area contributed by atoms with E-state index in [0.717, 1.165) is 62.1 Å². The lowest BCUT2D eigenvalue weighted by atomic mass is 10.1. The number of benzene rings is 1. The normalized spacial score (nSPS) is 18.3. The van der Waals surface area contributed by atoms with Crippen LogP contribution >= 0.6 is 11.3 Å². The number of rotatable bonds is 4. The smallest absolute Gasteiger partial charge is 0.253 e. The number of amides is 2. The van der Waals surface area contributed by atoms with E-state index in [0.29, 0.717) is 12.0 Å². The number of hydrogen-bond acceptors (Lipinski definition) is 5. The van der Waals surface area contributed by atoms with Gasteiger partial charge >= 0.3 is 0 Å². The van der Waals surface area contributed by atoms with Crippen LogP contribution in [-0.2, 0) is 11.3 Å². The third-order valence-electron chi connectivity index (χ3n) is 5.21. The van der Waals surface area contributed by atoms with Gasteiger partial charge in [-0.1, -0.05) is 0 Å². The number of anilines is 1. The summed E-state index contributed by atoms with van der Waals surface area (Å²) >= 11 is 1.68. The van der Waals surface area contributed by atoms with E-state index in [2.05, 4.69) is 15.3 Å². The van der Waals surface area contributed by atoms with Gasteiger partial charge in [-0.25, -0.2) is 4.98 Å². The number of thiazole rings is 1. The molecule has 6 nitrogen and oxygen atoms in total. The number of hydrogen-bond donors (Lipinski definition) is 0. The van der Waals surface area contributed by atoms with Crippen LogP contribution < -0.4 is 4.90 Å². The van der Waals surface area contributed by atoms with Gasteiger partial charge in [0.15, 0.2) is 0 Å². The average molecular weight is 385 g/mol. The van der Waals surface area contributed by atoms with Crippen molar-refractivity contribution in [2.24, 2.45) is 0 Å². The van der Waals surface area contributed by atoms with Crippen molar-refractivity contribution >= 4 is 28.8 Å². The predicted molar refractivity (Wildman–Crippen MR) is 106 cm³/mol. The Balaban J connectivity index is 1.33. The number of carbonyl (C=O) groups excluding carboxylic acids is 2. The summed E-state index contributed by atoms with van der Waals surface area (Å²) in [5.74, 6) is 0.235. The molecule has 0 spiro atoms. The monoisotopic (exact) mass is 384 g/mol. The third kappa shape index (κ3) is 4.04. The summed E-state index contributed by atoms with van der Waals surface area (Å²) in [6.45, 7) is 6.83. The van der Waals surface area contributed by atoms with Crippen LogP contribution in [0.1, 0.15) is 33.9 Å². The molecule has 2 fully saturated rings. The number of nitrogens with zero attached hydrogens (tertiary/aromatic N) is 4. The molecule has 2 aliphatic heterocycles. The van der Waals surface area contributed by atoms with Gasteiger partial charge in [0.25, 0.3) is 5.91 Å². The molecular weight excluding hydrogens is 360 g/mol. The minimum Gasteiger partial charge on any atom is -0.336 e. The molecule has 0 unspecified atom stereocenters. The Morgan fingerprint density at radius 2 is 1.85 bits per heavy atom. The fourth-order valence-electron chi connectivity index (χ4n) is 3.71. The van der Waals surface area contributed by atoms with Crippen molar-refractivity contribution in [1.82, 2.24) is 14.8 Å². The summed E-state index contributed by atoms with van der Waals surface area (Å²) in [7, 11) is 0. The zero-order valence-corrected chi connectivity index (χ0v) is 16.4. The molecule has 2 aromatic rings. The first kappa shape index (κ1) is 18.1. The van der Waals surface area contributed by atoms with Crippen LogP contribution in [0.2, 0.25) is 0 Å². The molecule has 7 heteroatoms. The van der Waals surface area contributed by atoms with Crippen molar-refractivity contribution in [1.29, 1.82) is 0 Å². The maximum absolute atomic E-state index is 12.8. The van der Waals surface area contributed by atoms with Crippen molar-refractivity contribution < 1.29 is 9.59 Å². The molecule has 0 bridgehead atoms. The van der Waals surface area contributed by atoms with Gasteiger partial charge in [-0.05, 0) is 37.6 Å². The van der Waals surface area contributed by atoms with E-state index in [-0.39, 0.29) is 11.8 Å². The fraction of sp³-hybridized carbons (Fsp3) is 0.450. The van der Waals surface area contributed by atoms with Gasteiger partial charge < -0.3 is 9.80 Å². The highest BCUT2D eigenvalue weighted by molar-refractivity contribution is 7.09. The van der Waals surface area contributed by atoms with Gasteiger partial charge in [0.1, 0.15) is 0 Å². The van der Waals surface area contributed by atoms with E-state index >= 15 is 0 Å².